The second kappa shape index (κ2) is 7.82. The molecule has 0 saturated carbocycles. The summed E-state index contributed by atoms with van der Waals surface area (Å²) in [6.07, 6.45) is 3.26. The summed E-state index contributed by atoms with van der Waals surface area (Å²) in [5.74, 6) is -0.361. The fourth-order valence-electron chi connectivity index (χ4n) is 2.52. The monoisotopic (exact) mass is 374 g/mol. The molecule has 0 atom stereocenters. The van der Waals surface area contributed by atoms with Crippen molar-refractivity contribution in [1.82, 2.24) is 9.88 Å². The molecule has 1 N–H and O–H groups in total. The summed E-state index contributed by atoms with van der Waals surface area (Å²) in [6.45, 7) is 0.0813. The number of aliphatic hydroxyl groups excluding tert-OH is 1. The van der Waals surface area contributed by atoms with E-state index < -0.39 is 0 Å². The van der Waals surface area contributed by atoms with Gasteiger partial charge in [0.2, 0.25) is 0 Å². The minimum absolute atomic E-state index is 0.0772. The van der Waals surface area contributed by atoms with Crippen molar-refractivity contribution in [2.75, 3.05) is 12.4 Å². The largest absolute Gasteiger partial charge is 0.396 e. The molecule has 2 aromatic rings. The lowest BCUT2D eigenvalue weighted by molar-refractivity contribution is -0.137. The molecule has 5 nitrogen and oxygen atoms in total. The predicted octanol–water partition coefficient (Wildman–Crippen LogP) is 2.74. The lowest BCUT2D eigenvalue weighted by Gasteiger charge is -2.14. The first-order chi connectivity index (χ1) is 12.1. The quantitative estimate of drug-likeness (QED) is 0.787. The number of rotatable bonds is 6. The van der Waals surface area contributed by atoms with Crippen LogP contribution in [0.5, 0.6) is 0 Å². The van der Waals surface area contributed by atoms with Gasteiger partial charge < -0.3 is 5.11 Å². The van der Waals surface area contributed by atoms with Gasteiger partial charge in [-0.15, -0.1) is 11.8 Å². The molecule has 0 spiro atoms. The highest BCUT2D eigenvalue weighted by molar-refractivity contribution is 8.04. The minimum Gasteiger partial charge on any atom is -0.396 e. The van der Waals surface area contributed by atoms with Gasteiger partial charge in [0.1, 0.15) is 0 Å². The number of imide groups is 1. The van der Waals surface area contributed by atoms with Crippen molar-refractivity contribution in [2.24, 2.45) is 0 Å². The Kier molecular flexibility index (Phi) is 5.53. The maximum Gasteiger partial charge on any atom is 0.268 e. The van der Waals surface area contributed by atoms with Crippen LogP contribution in [0.2, 0.25) is 5.02 Å². The number of pyridine rings is 1. The number of amides is 2. The van der Waals surface area contributed by atoms with Crippen molar-refractivity contribution in [3.63, 3.8) is 0 Å². The Morgan fingerprint density at radius 1 is 1.12 bits per heavy atom. The third-order valence-corrected chi connectivity index (χ3v) is 4.97. The fraction of sp³-hybridized carbons (Fsp3) is 0.167. The highest BCUT2D eigenvalue weighted by Crippen LogP contribution is 2.36. The van der Waals surface area contributed by atoms with E-state index in [-0.39, 0.29) is 25.0 Å². The molecule has 1 aromatic carbocycles. The molecule has 0 radical (unpaired) electrons. The van der Waals surface area contributed by atoms with E-state index in [0.717, 1.165) is 5.56 Å². The second-order valence-electron chi connectivity index (χ2n) is 5.34. The summed E-state index contributed by atoms with van der Waals surface area (Å²) in [4.78, 5) is 31.2. The van der Waals surface area contributed by atoms with E-state index in [0.29, 0.717) is 26.8 Å². The van der Waals surface area contributed by atoms with E-state index in [9.17, 15) is 9.59 Å². The van der Waals surface area contributed by atoms with E-state index in [4.69, 9.17) is 16.7 Å². The normalized spacial score (nSPS) is 14.6. The van der Waals surface area contributed by atoms with Gasteiger partial charge in [0.05, 0.1) is 23.6 Å². The van der Waals surface area contributed by atoms with Gasteiger partial charge in [0.15, 0.2) is 0 Å². The Bertz CT molecular complexity index is 822. The Morgan fingerprint density at radius 3 is 2.52 bits per heavy atom. The first kappa shape index (κ1) is 17.7. The molecule has 1 aliphatic heterocycles. The van der Waals surface area contributed by atoms with Crippen LogP contribution in [-0.4, -0.2) is 39.2 Å². The lowest BCUT2D eigenvalue weighted by atomic mass is 10.1. The molecule has 0 saturated heterocycles. The number of halogens is 1. The summed E-state index contributed by atoms with van der Waals surface area (Å²) < 4.78 is 0. The number of carbonyl (C=O) groups excluding carboxylic acids is 2. The van der Waals surface area contributed by atoms with Crippen LogP contribution in [0, 0.1) is 0 Å². The Hall–Kier alpha value is -2.15. The molecule has 0 fully saturated rings. The Labute approximate surface area is 154 Å². The Morgan fingerprint density at radius 2 is 1.88 bits per heavy atom. The van der Waals surface area contributed by atoms with Gasteiger partial charge in [-0.3, -0.25) is 19.5 Å². The molecule has 1 aromatic heterocycles. The second-order valence-corrected chi connectivity index (χ2v) is 6.88. The molecule has 0 bridgehead atoms. The Balaban J connectivity index is 1.96. The van der Waals surface area contributed by atoms with E-state index in [1.54, 1.807) is 42.7 Å². The molecular weight excluding hydrogens is 360 g/mol. The van der Waals surface area contributed by atoms with Gasteiger partial charge in [0, 0.05) is 23.2 Å². The number of aliphatic hydroxyl groups is 1. The molecule has 128 valence electrons. The van der Waals surface area contributed by atoms with E-state index in [1.807, 2.05) is 6.07 Å². The number of hydrogen-bond donors (Lipinski definition) is 1. The van der Waals surface area contributed by atoms with Crippen molar-refractivity contribution < 1.29 is 14.7 Å². The zero-order chi connectivity index (χ0) is 17.8. The van der Waals surface area contributed by atoms with Crippen molar-refractivity contribution in [2.45, 2.75) is 6.54 Å². The molecule has 2 heterocycles. The van der Waals surface area contributed by atoms with E-state index in [2.05, 4.69) is 4.98 Å². The number of nitrogens with zero attached hydrogens (tertiary/aromatic N) is 2. The van der Waals surface area contributed by atoms with Crippen LogP contribution in [0.1, 0.15) is 11.1 Å². The van der Waals surface area contributed by atoms with Gasteiger partial charge in [-0.25, -0.2) is 0 Å². The SMILES string of the molecule is O=C1C(SCCO)=C(c2ccc(Cl)cc2)C(=O)N1Cc1cccnc1. The average Bonchev–Trinajstić information content (AvgIpc) is 2.86. The predicted molar refractivity (Wildman–Crippen MR) is 97.7 cm³/mol. The highest BCUT2D eigenvalue weighted by atomic mass is 35.5. The smallest absolute Gasteiger partial charge is 0.268 e. The number of benzene rings is 1. The number of thioether (sulfide) groups is 1. The van der Waals surface area contributed by atoms with Crippen molar-refractivity contribution >= 4 is 40.8 Å². The molecule has 7 heteroatoms. The molecule has 0 unspecified atom stereocenters. The summed E-state index contributed by atoms with van der Waals surface area (Å²) in [5, 5.41) is 9.65. The van der Waals surface area contributed by atoms with Crippen molar-refractivity contribution in [1.29, 1.82) is 0 Å². The standard InChI is InChI=1S/C18H15ClN2O3S/c19-14-5-3-13(4-6-14)15-16(25-9-8-22)18(24)21(17(15)23)11-12-2-1-7-20-10-12/h1-7,10,22H,8-9,11H2. The van der Waals surface area contributed by atoms with Crippen LogP contribution in [0.3, 0.4) is 0 Å². The summed E-state index contributed by atoms with van der Waals surface area (Å²) in [5.41, 5.74) is 1.76. The van der Waals surface area contributed by atoms with Crippen LogP contribution in [0.25, 0.3) is 5.57 Å². The molecule has 25 heavy (non-hydrogen) atoms. The van der Waals surface area contributed by atoms with Gasteiger partial charge >= 0.3 is 0 Å². The minimum atomic E-state index is -0.350. The molecule has 1 aliphatic rings. The first-order valence-electron chi connectivity index (χ1n) is 7.61. The van der Waals surface area contributed by atoms with Gasteiger partial charge in [0.25, 0.3) is 11.8 Å². The molecule has 3 rings (SSSR count). The van der Waals surface area contributed by atoms with Crippen LogP contribution < -0.4 is 0 Å². The average molecular weight is 375 g/mol. The maximum absolute atomic E-state index is 12.9. The molecule has 2 amide bonds. The van der Waals surface area contributed by atoms with Gasteiger partial charge in [-0.2, -0.15) is 0 Å². The molecule has 0 aliphatic carbocycles. The number of carbonyl (C=O) groups is 2. The van der Waals surface area contributed by atoms with E-state index in [1.165, 1.54) is 16.7 Å². The van der Waals surface area contributed by atoms with Crippen LogP contribution in [0.4, 0.5) is 0 Å². The van der Waals surface area contributed by atoms with Crippen LogP contribution in [-0.2, 0) is 16.1 Å². The number of hydrogen-bond acceptors (Lipinski definition) is 5. The van der Waals surface area contributed by atoms with Crippen molar-refractivity contribution in [3.8, 4) is 0 Å². The summed E-state index contributed by atoms with van der Waals surface area (Å²) >= 11 is 7.10. The highest BCUT2D eigenvalue weighted by Gasteiger charge is 2.39. The van der Waals surface area contributed by atoms with Crippen molar-refractivity contribution in [3.05, 3.63) is 69.8 Å². The van der Waals surface area contributed by atoms with Gasteiger partial charge in [-0.1, -0.05) is 29.8 Å². The fourth-order valence-corrected chi connectivity index (χ4v) is 3.53. The van der Waals surface area contributed by atoms with E-state index >= 15 is 0 Å². The van der Waals surface area contributed by atoms with Crippen LogP contribution in [0.15, 0.2) is 53.7 Å². The number of aromatic nitrogens is 1. The third-order valence-electron chi connectivity index (χ3n) is 3.66. The third kappa shape index (κ3) is 3.76. The van der Waals surface area contributed by atoms with Gasteiger partial charge in [-0.05, 0) is 29.3 Å². The van der Waals surface area contributed by atoms with Crippen LogP contribution >= 0.6 is 23.4 Å². The zero-order valence-electron chi connectivity index (χ0n) is 13.2. The molecular formula is C18H15ClN2O3S. The summed E-state index contributed by atoms with van der Waals surface area (Å²) in [7, 11) is 0. The summed E-state index contributed by atoms with van der Waals surface area (Å²) in [6, 6.07) is 10.4. The lowest BCUT2D eigenvalue weighted by Crippen LogP contribution is -2.31. The topological polar surface area (TPSA) is 70.5 Å². The first-order valence-corrected chi connectivity index (χ1v) is 8.97. The maximum atomic E-state index is 12.9. The zero-order valence-corrected chi connectivity index (χ0v) is 14.8.